The third-order valence-electron chi connectivity index (χ3n) is 3.38. The third-order valence-corrected chi connectivity index (χ3v) is 5.30. The van der Waals surface area contributed by atoms with Crippen LogP contribution in [0.1, 0.15) is 11.3 Å². The molecule has 0 amide bonds. The second kappa shape index (κ2) is 8.76. The van der Waals surface area contributed by atoms with Gasteiger partial charge in [-0.05, 0) is 24.1 Å². The molecule has 0 unspecified atom stereocenters. The van der Waals surface area contributed by atoms with E-state index in [2.05, 4.69) is 34.2 Å². The lowest BCUT2D eigenvalue weighted by molar-refractivity contribution is 0.898. The molecule has 0 saturated heterocycles. The Balaban J connectivity index is 1.58. The summed E-state index contributed by atoms with van der Waals surface area (Å²) in [5.41, 5.74) is 2.02. The maximum Gasteiger partial charge on any atom is 0.251 e. The van der Waals surface area contributed by atoms with Crippen LogP contribution in [0, 0.1) is 0 Å². The summed E-state index contributed by atoms with van der Waals surface area (Å²) in [6.45, 7) is 0. The van der Waals surface area contributed by atoms with E-state index in [1.165, 1.54) is 10.5 Å². The average Bonchev–Trinajstić information content (AvgIpc) is 2.61. The van der Waals surface area contributed by atoms with Crippen molar-refractivity contribution in [3.05, 3.63) is 88.3 Å². The fourth-order valence-electron chi connectivity index (χ4n) is 2.21. The summed E-state index contributed by atoms with van der Waals surface area (Å²) < 4.78 is 0. The number of nitrogens with one attached hydrogen (secondary N) is 1. The van der Waals surface area contributed by atoms with Crippen molar-refractivity contribution in [2.75, 3.05) is 5.75 Å². The highest BCUT2D eigenvalue weighted by atomic mass is 32.2. The van der Waals surface area contributed by atoms with Crippen LogP contribution < -0.4 is 5.56 Å². The van der Waals surface area contributed by atoms with E-state index in [9.17, 15) is 4.79 Å². The highest BCUT2D eigenvalue weighted by molar-refractivity contribution is 7.99. The lowest BCUT2D eigenvalue weighted by Crippen LogP contribution is -2.09. The molecule has 122 valence electrons. The standard InChI is InChI=1S/C19H18N2OS2/c22-18-13-16(14-24-17-9-5-2-6-10-17)20-19(21-18)23-12-11-15-7-3-1-4-8-15/h1-10,13H,11-12,14H2,(H,20,21,22). The molecule has 5 heteroatoms. The summed E-state index contributed by atoms with van der Waals surface area (Å²) in [6, 6.07) is 22.1. The lowest BCUT2D eigenvalue weighted by atomic mass is 10.2. The van der Waals surface area contributed by atoms with E-state index in [0.29, 0.717) is 10.9 Å². The number of aromatic nitrogens is 2. The zero-order valence-corrected chi connectivity index (χ0v) is 14.8. The fourth-order valence-corrected chi connectivity index (χ4v) is 3.91. The van der Waals surface area contributed by atoms with Gasteiger partial charge in [0.25, 0.3) is 5.56 Å². The third kappa shape index (κ3) is 5.28. The molecule has 1 aromatic heterocycles. The van der Waals surface area contributed by atoms with Crippen LogP contribution in [-0.4, -0.2) is 15.7 Å². The first kappa shape index (κ1) is 16.9. The van der Waals surface area contributed by atoms with Crippen LogP contribution in [0.15, 0.2) is 81.6 Å². The number of thioether (sulfide) groups is 2. The summed E-state index contributed by atoms with van der Waals surface area (Å²) >= 11 is 3.28. The van der Waals surface area contributed by atoms with E-state index in [-0.39, 0.29) is 5.56 Å². The molecule has 0 bridgehead atoms. The maximum atomic E-state index is 11.8. The molecule has 0 radical (unpaired) electrons. The molecule has 3 rings (SSSR count). The Morgan fingerprint density at radius 1 is 0.917 bits per heavy atom. The topological polar surface area (TPSA) is 45.8 Å². The van der Waals surface area contributed by atoms with Crippen molar-refractivity contribution in [3.8, 4) is 0 Å². The molecule has 1 heterocycles. The molecule has 0 aliphatic heterocycles. The number of aromatic amines is 1. The van der Waals surface area contributed by atoms with E-state index < -0.39 is 0 Å². The fraction of sp³-hybridized carbons (Fsp3) is 0.158. The van der Waals surface area contributed by atoms with Gasteiger partial charge in [0.05, 0.1) is 5.69 Å². The SMILES string of the molecule is O=c1cc(CSc2ccccc2)nc(SCCc2ccccc2)[nH]1. The smallest absolute Gasteiger partial charge is 0.251 e. The van der Waals surface area contributed by atoms with Crippen LogP contribution in [-0.2, 0) is 12.2 Å². The Morgan fingerprint density at radius 2 is 1.62 bits per heavy atom. The number of hydrogen-bond acceptors (Lipinski definition) is 4. The quantitative estimate of drug-likeness (QED) is 0.505. The van der Waals surface area contributed by atoms with Gasteiger partial charge in [0.1, 0.15) is 0 Å². The van der Waals surface area contributed by atoms with Gasteiger partial charge < -0.3 is 4.98 Å². The summed E-state index contributed by atoms with van der Waals surface area (Å²) in [5, 5.41) is 0.696. The van der Waals surface area contributed by atoms with Crippen LogP contribution in [0.2, 0.25) is 0 Å². The number of rotatable bonds is 7. The van der Waals surface area contributed by atoms with Gasteiger partial charge in [-0.2, -0.15) is 0 Å². The van der Waals surface area contributed by atoms with Crippen molar-refractivity contribution in [1.82, 2.24) is 9.97 Å². The summed E-state index contributed by atoms with van der Waals surface area (Å²) in [7, 11) is 0. The summed E-state index contributed by atoms with van der Waals surface area (Å²) in [4.78, 5) is 20.4. The molecule has 3 aromatic rings. The Morgan fingerprint density at radius 3 is 2.38 bits per heavy atom. The molecular formula is C19H18N2OS2. The van der Waals surface area contributed by atoms with E-state index in [4.69, 9.17) is 0 Å². The Kier molecular flexibility index (Phi) is 6.15. The van der Waals surface area contributed by atoms with Gasteiger partial charge in [-0.15, -0.1) is 11.8 Å². The maximum absolute atomic E-state index is 11.8. The van der Waals surface area contributed by atoms with E-state index >= 15 is 0 Å². The highest BCUT2D eigenvalue weighted by Gasteiger charge is 2.04. The van der Waals surface area contributed by atoms with Gasteiger partial charge in [0.2, 0.25) is 0 Å². The van der Waals surface area contributed by atoms with E-state index in [0.717, 1.165) is 17.9 Å². The van der Waals surface area contributed by atoms with Gasteiger partial charge >= 0.3 is 0 Å². The minimum Gasteiger partial charge on any atom is -0.301 e. The molecule has 0 aliphatic rings. The monoisotopic (exact) mass is 354 g/mol. The van der Waals surface area contributed by atoms with Crippen LogP contribution >= 0.6 is 23.5 Å². The lowest BCUT2D eigenvalue weighted by Gasteiger charge is -2.05. The predicted molar refractivity (Wildman–Crippen MR) is 102 cm³/mol. The zero-order valence-electron chi connectivity index (χ0n) is 13.1. The van der Waals surface area contributed by atoms with Gasteiger partial charge in [-0.1, -0.05) is 60.3 Å². The average molecular weight is 355 g/mol. The normalized spacial score (nSPS) is 10.7. The Labute approximate surface area is 149 Å². The van der Waals surface area contributed by atoms with Crippen molar-refractivity contribution < 1.29 is 0 Å². The number of aryl methyl sites for hydroxylation is 1. The van der Waals surface area contributed by atoms with Crippen molar-refractivity contribution in [2.45, 2.75) is 22.2 Å². The van der Waals surface area contributed by atoms with Crippen molar-refractivity contribution in [2.24, 2.45) is 0 Å². The van der Waals surface area contributed by atoms with Crippen LogP contribution in [0.5, 0.6) is 0 Å². The number of hydrogen-bond donors (Lipinski definition) is 1. The molecule has 0 fully saturated rings. The Hall–Kier alpha value is -1.98. The minimum atomic E-state index is -0.0872. The van der Waals surface area contributed by atoms with E-state index in [1.54, 1.807) is 29.6 Å². The molecule has 1 N–H and O–H groups in total. The zero-order chi connectivity index (χ0) is 16.6. The van der Waals surface area contributed by atoms with Crippen molar-refractivity contribution in [3.63, 3.8) is 0 Å². The Bertz CT molecular complexity index is 820. The highest BCUT2D eigenvalue weighted by Crippen LogP contribution is 2.22. The van der Waals surface area contributed by atoms with Gasteiger partial charge in [0.15, 0.2) is 5.16 Å². The first-order chi connectivity index (χ1) is 11.8. The van der Waals surface area contributed by atoms with Crippen LogP contribution in [0.25, 0.3) is 0 Å². The minimum absolute atomic E-state index is 0.0872. The molecule has 24 heavy (non-hydrogen) atoms. The van der Waals surface area contributed by atoms with E-state index in [1.807, 2.05) is 36.4 Å². The molecule has 0 aliphatic carbocycles. The predicted octanol–water partition coefficient (Wildman–Crippen LogP) is 4.40. The molecule has 2 aromatic carbocycles. The van der Waals surface area contributed by atoms with Gasteiger partial charge in [-0.3, -0.25) is 4.79 Å². The first-order valence-electron chi connectivity index (χ1n) is 7.74. The van der Waals surface area contributed by atoms with Crippen LogP contribution in [0.4, 0.5) is 0 Å². The number of benzene rings is 2. The van der Waals surface area contributed by atoms with Crippen molar-refractivity contribution in [1.29, 1.82) is 0 Å². The van der Waals surface area contributed by atoms with Crippen molar-refractivity contribution >= 4 is 23.5 Å². The summed E-state index contributed by atoms with van der Waals surface area (Å²) in [6.07, 6.45) is 0.957. The molecule has 3 nitrogen and oxygen atoms in total. The first-order valence-corrected chi connectivity index (χ1v) is 9.71. The number of nitrogens with zero attached hydrogens (tertiary/aromatic N) is 1. The molecular weight excluding hydrogens is 336 g/mol. The second-order valence-corrected chi connectivity index (χ2v) is 7.36. The van der Waals surface area contributed by atoms with Gasteiger partial charge in [-0.25, -0.2) is 4.98 Å². The molecule has 0 spiro atoms. The largest absolute Gasteiger partial charge is 0.301 e. The molecule has 0 saturated carbocycles. The molecule has 0 atom stereocenters. The number of H-pyrrole nitrogens is 1. The van der Waals surface area contributed by atoms with Crippen LogP contribution in [0.3, 0.4) is 0 Å². The van der Waals surface area contributed by atoms with Gasteiger partial charge in [0, 0.05) is 22.5 Å². The summed E-state index contributed by atoms with van der Waals surface area (Å²) in [5.74, 6) is 1.59. The second-order valence-electron chi connectivity index (χ2n) is 5.23.